The van der Waals surface area contributed by atoms with E-state index in [-0.39, 0.29) is 22.0 Å². The molecule has 1 aliphatic rings. The molecule has 1 amide bonds. The van der Waals surface area contributed by atoms with Crippen LogP contribution < -0.4 is 10.1 Å². The Bertz CT molecular complexity index is 1280. The van der Waals surface area contributed by atoms with E-state index in [4.69, 9.17) is 4.74 Å². The molecule has 0 spiro atoms. The van der Waals surface area contributed by atoms with Gasteiger partial charge in [-0.1, -0.05) is 51.1 Å². The first-order valence-corrected chi connectivity index (χ1v) is 12.5. The second-order valence-corrected chi connectivity index (χ2v) is 11.3. The molecule has 2 aromatic carbocycles. The number of carbonyl (C=O) groups excluding carboxylic acids is 1. The van der Waals surface area contributed by atoms with Crippen LogP contribution in [0, 0.1) is 5.41 Å². The molecule has 1 aromatic heterocycles. The molecule has 4 rings (SSSR count). The van der Waals surface area contributed by atoms with Gasteiger partial charge in [0.15, 0.2) is 9.84 Å². The number of pyridine rings is 1. The van der Waals surface area contributed by atoms with Gasteiger partial charge < -0.3 is 10.1 Å². The molecule has 6 nitrogen and oxygen atoms in total. The smallest absolute Gasteiger partial charge is 0.236 e. The van der Waals surface area contributed by atoms with E-state index in [2.05, 4.69) is 24.1 Å². The third kappa shape index (κ3) is 4.13. The van der Waals surface area contributed by atoms with E-state index in [1.807, 2.05) is 36.4 Å². The Morgan fingerprint density at radius 3 is 2.21 bits per heavy atom. The fourth-order valence-corrected chi connectivity index (χ4v) is 5.28. The number of anilines is 1. The quantitative estimate of drug-likeness (QED) is 0.540. The highest BCUT2D eigenvalue weighted by Gasteiger charge is 2.67. The number of aromatic nitrogens is 1. The topological polar surface area (TPSA) is 85.4 Å². The second-order valence-electron chi connectivity index (χ2n) is 8.98. The maximum atomic E-state index is 13.5. The molecule has 172 valence electrons. The predicted octanol–water partition coefficient (Wildman–Crippen LogP) is 4.86. The molecular formula is C26H28N2O4S. The van der Waals surface area contributed by atoms with Crippen LogP contribution in [0.3, 0.4) is 0 Å². The standard InChI is InChI=1S/C26H28N2O4S/c1-5-33(30,31)21-15-9-18(10-16-21)22-7-6-8-23(27-22)28-24(29)26(17-25(26,2)3)19-11-13-20(32-4)14-12-19/h6-16H,5,17H2,1-4H3,(H,27,28,29). The van der Waals surface area contributed by atoms with Crippen molar-refractivity contribution in [3.63, 3.8) is 0 Å². The summed E-state index contributed by atoms with van der Waals surface area (Å²) in [7, 11) is -1.64. The van der Waals surface area contributed by atoms with Crippen LogP contribution >= 0.6 is 0 Å². The van der Waals surface area contributed by atoms with E-state index in [9.17, 15) is 13.2 Å². The van der Waals surface area contributed by atoms with Crippen LogP contribution in [-0.2, 0) is 20.0 Å². The van der Waals surface area contributed by atoms with Crippen LogP contribution in [0.1, 0.15) is 32.8 Å². The molecule has 3 aromatic rings. The number of amides is 1. The van der Waals surface area contributed by atoms with Gasteiger partial charge in [-0.15, -0.1) is 0 Å². The van der Waals surface area contributed by atoms with Gasteiger partial charge in [0, 0.05) is 5.56 Å². The average Bonchev–Trinajstić information content (AvgIpc) is 3.42. The summed E-state index contributed by atoms with van der Waals surface area (Å²) in [6.07, 6.45) is 0.741. The minimum atomic E-state index is -3.26. The lowest BCUT2D eigenvalue weighted by Gasteiger charge is -2.21. The van der Waals surface area contributed by atoms with Crippen molar-refractivity contribution in [2.45, 2.75) is 37.5 Å². The summed E-state index contributed by atoms with van der Waals surface area (Å²) in [5.41, 5.74) is 1.58. The van der Waals surface area contributed by atoms with Crippen LogP contribution in [0.4, 0.5) is 5.82 Å². The van der Waals surface area contributed by atoms with Gasteiger partial charge in [0.25, 0.3) is 0 Å². The summed E-state index contributed by atoms with van der Waals surface area (Å²) in [5.74, 6) is 1.17. The molecule has 1 atom stereocenters. The largest absolute Gasteiger partial charge is 0.497 e. The molecule has 0 radical (unpaired) electrons. The van der Waals surface area contributed by atoms with E-state index in [0.717, 1.165) is 23.3 Å². The Morgan fingerprint density at radius 1 is 1.03 bits per heavy atom. The van der Waals surface area contributed by atoms with Crippen molar-refractivity contribution in [3.05, 3.63) is 72.3 Å². The number of rotatable bonds is 7. The molecule has 1 saturated carbocycles. The van der Waals surface area contributed by atoms with Crippen molar-refractivity contribution in [2.75, 3.05) is 18.2 Å². The Kier molecular flexibility index (Phi) is 5.78. The highest BCUT2D eigenvalue weighted by molar-refractivity contribution is 7.91. The van der Waals surface area contributed by atoms with Crippen LogP contribution in [0.25, 0.3) is 11.3 Å². The normalized spacial score (nSPS) is 19.0. The van der Waals surface area contributed by atoms with Gasteiger partial charge in [0.05, 0.1) is 28.9 Å². The number of sulfone groups is 1. The first kappa shape index (κ1) is 23.0. The third-order valence-corrected chi connectivity index (χ3v) is 8.34. The zero-order valence-electron chi connectivity index (χ0n) is 19.3. The van der Waals surface area contributed by atoms with Gasteiger partial charge in [-0.2, -0.15) is 0 Å². The number of nitrogens with zero attached hydrogens (tertiary/aromatic N) is 1. The van der Waals surface area contributed by atoms with Crippen LogP contribution in [0.5, 0.6) is 5.75 Å². The van der Waals surface area contributed by atoms with Crippen molar-refractivity contribution >= 4 is 21.6 Å². The summed E-state index contributed by atoms with van der Waals surface area (Å²) in [5, 5.41) is 3.01. The van der Waals surface area contributed by atoms with E-state index < -0.39 is 15.3 Å². The number of methoxy groups -OCH3 is 1. The summed E-state index contributed by atoms with van der Waals surface area (Å²) in [6.45, 7) is 5.80. The van der Waals surface area contributed by atoms with Gasteiger partial charge in [0.1, 0.15) is 11.6 Å². The predicted molar refractivity (Wildman–Crippen MR) is 129 cm³/mol. The molecule has 1 fully saturated rings. The minimum Gasteiger partial charge on any atom is -0.497 e. The van der Waals surface area contributed by atoms with Crippen molar-refractivity contribution in [1.82, 2.24) is 4.98 Å². The number of nitrogens with one attached hydrogen (secondary N) is 1. The number of carbonyl (C=O) groups is 1. The number of hydrogen-bond acceptors (Lipinski definition) is 5. The summed E-state index contributed by atoms with van der Waals surface area (Å²) < 4.78 is 29.4. The molecule has 0 bridgehead atoms. The molecule has 1 heterocycles. The Morgan fingerprint density at radius 2 is 1.67 bits per heavy atom. The monoisotopic (exact) mass is 464 g/mol. The van der Waals surface area contributed by atoms with Gasteiger partial charge >= 0.3 is 0 Å². The fourth-order valence-electron chi connectivity index (χ4n) is 4.39. The van der Waals surface area contributed by atoms with Gasteiger partial charge in [-0.25, -0.2) is 13.4 Å². The lowest BCUT2D eigenvalue weighted by molar-refractivity contribution is -0.119. The molecule has 0 saturated heterocycles. The SMILES string of the molecule is CCS(=O)(=O)c1ccc(-c2cccc(NC(=O)C3(c4ccc(OC)cc4)CC3(C)C)n2)cc1. The van der Waals surface area contributed by atoms with Crippen molar-refractivity contribution in [3.8, 4) is 17.0 Å². The van der Waals surface area contributed by atoms with Crippen molar-refractivity contribution < 1.29 is 17.9 Å². The zero-order valence-corrected chi connectivity index (χ0v) is 20.1. The molecule has 33 heavy (non-hydrogen) atoms. The number of ether oxygens (including phenoxy) is 1. The van der Waals surface area contributed by atoms with Crippen LogP contribution in [0.2, 0.25) is 0 Å². The van der Waals surface area contributed by atoms with E-state index in [1.165, 1.54) is 0 Å². The summed E-state index contributed by atoms with van der Waals surface area (Å²) >= 11 is 0. The number of hydrogen-bond donors (Lipinski definition) is 1. The lowest BCUT2D eigenvalue weighted by Crippen LogP contribution is -2.32. The first-order valence-electron chi connectivity index (χ1n) is 10.9. The average molecular weight is 465 g/mol. The summed E-state index contributed by atoms with van der Waals surface area (Å²) in [4.78, 5) is 18.3. The molecule has 0 aliphatic heterocycles. The Labute approximate surface area is 194 Å². The maximum absolute atomic E-state index is 13.5. The first-order chi connectivity index (χ1) is 15.6. The molecule has 1 N–H and O–H groups in total. The highest BCUT2D eigenvalue weighted by atomic mass is 32.2. The molecule has 1 aliphatic carbocycles. The molecule has 1 unspecified atom stereocenters. The van der Waals surface area contributed by atoms with Crippen molar-refractivity contribution in [2.24, 2.45) is 5.41 Å². The van der Waals surface area contributed by atoms with Gasteiger partial charge in [0.2, 0.25) is 5.91 Å². The maximum Gasteiger partial charge on any atom is 0.236 e. The number of benzene rings is 2. The van der Waals surface area contributed by atoms with Crippen molar-refractivity contribution in [1.29, 1.82) is 0 Å². The van der Waals surface area contributed by atoms with E-state index >= 15 is 0 Å². The minimum absolute atomic E-state index is 0.0540. The third-order valence-electron chi connectivity index (χ3n) is 6.59. The van der Waals surface area contributed by atoms with E-state index in [0.29, 0.717) is 11.5 Å². The fraction of sp³-hybridized carbons (Fsp3) is 0.308. The molecular weight excluding hydrogens is 436 g/mol. The Hall–Kier alpha value is -3.19. The lowest BCUT2D eigenvalue weighted by atomic mass is 9.87. The molecule has 7 heteroatoms. The summed E-state index contributed by atoms with van der Waals surface area (Å²) in [6, 6.07) is 19.7. The van der Waals surface area contributed by atoms with Gasteiger partial charge in [-0.3, -0.25) is 4.79 Å². The van der Waals surface area contributed by atoms with Gasteiger partial charge in [-0.05, 0) is 53.8 Å². The van der Waals surface area contributed by atoms with Crippen LogP contribution in [-0.4, -0.2) is 32.2 Å². The zero-order chi connectivity index (χ0) is 23.9. The van der Waals surface area contributed by atoms with E-state index in [1.54, 1.807) is 44.4 Å². The highest BCUT2D eigenvalue weighted by Crippen LogP contribution is 2.64. The van der Waals surface area contributed by atoms with Crippen LogP contribution in [0.15, 0.2) is 71.6 Å². The second kappa shape index (κ2) is 8.30. The Balaban J connectivity index is 1.58.